The van der Waals surface area contributed by atoms with Crippen molar-refractivity contribution in [1.82, 2.24) is 0 Å². The predicted octanol–water partition coefficient (Wildman–Crippen LogP) is 6.39. The van der Waals surface area contributed by atoms with E-state index in [1.54, 1.807) is 6.08 Å². The van der Waals surface area contributed by atoms with Crippen LogP contribution in [0.3, 0.4) is 0 Å². The van der Waals surface area contributed by atoms with Gasteiger partial charge in [0.05, 0.1) is 0 Å². The Bertz CT molecular complexity index is 1150. The van der Waals surface area contributed by atoms with Crippen molar-refractivity contribution in [2.24, 2.45) is 4.99 Å². The Morgan fingerprint density at radius 2 is 1.77 bits per heavy atom. The Morgan fingerprint density at radius 1 is 1.03 bits per heavy atom. The summed E-state index contributed by atoms with van der Waals surface area (Å²) in [6.07, 6.45) is 1.70. The van der Waals surface area contributed by atoms with E-state index in [0.717, 1.165) is 16.7 Å². The Labute approximate surface area is 186 Å². The van der Waals surface area contributed by atoms with Crippen LogP contribution in [0.1, 0.15) is 42.0 Å². The highest BCUT2D eigenvalue weighted by molar-refractivity contribution is 6.30. The predicted molar refractivity (Wildman–Crippen MR) is 123 cm³/mol. The minimum absolute atomic E-state index is 0.262. The molecule has 31 heavy (non-hydrogen) atoms. The average Bonchev–Trinajstić information content (AvgIpc) is 3.14. The highest BCUT2D eigenvalue weighted by Gasteiger charge is 2.24. The van der Waals surface area contributed by atoms with E-state index < -0.39 is 5.97 Å². The Balaban J connectivity index is 1.49. The summed E-state index contributed by atoms with van der Waals surface area (Å²) in [5.41, 5.74) is 4.09. The first-order valence-corrected chi connectivity index (χ1v) is 10.5. The zero-order valence-electron chi connectivity index (χ0n) is 17.3. The second kappa shape index (κ2) is 9.19. The maximum Gasteiger partial charge on any atom is 0.363 e. The monoisotopic (exact) mass is 431 g/mol. The third-order valence-corrected chi connectivity index (χ3v) is 5.18. The molecule has 0 spiro atoms. The van der Waals surface area contributed by atoms with E-state index >= 15 is 0 Å². The third-order valence-electron chi connectivity index (χ3n) is 4.93. The number of nitrogens with zero attached hydrogens (tertiary/aromatic N) is 1. The second-order valence-electron chi connectivity index (χ2n) is 7.60. The molecule has 0 amide bonds. The molecule has 0 fully saturated rings. The van der Waals surface area contributed by atoms with Gasteiger partial charge in [-0.15, -0.1) is 0 Å². The molecule has 0 atom stereocenters. The normalized spacial score (nSPS) is 14.6. The molecular formula is C26H22ClNO3. The number of cyclic esters (lactones) is 1. The summed E-state index contributed by atoms with van der Waals surface area (Å²) in [6.45, 7) is 4.69. The van der Waals surface area contributed by atoms with Crippen LogP contribution < -0.4 is 4.74 Å². The minimum Gasteiger partial charge on any atom is -0.489 e. The number of hydrogen-bond donors (Lipinski definition) is 0. The van der Waals surface area contributed by atoms with E-state index in [9.17, 15) is 4.79 Å². The number of halogens is 1. The van der Waals surface area contributed by atoms with Gasteiger partial charge < -0.3 is 9.47 Å². The number of aliphatic imine (C=N–C) groups is 1. The fourth-order valence-corrected chi connectivity index (χ4v) is 3.27. The van der Waals surface area contributed by atoms with Crippen LogP contribution in [-0.4, -0.2) is 11.9 Å². The van der Waals surface area contributed by atoms with Gasteiger partial charge in [-0.3, -0.25) is 0 Å². The second-order valence-corrected chi connectivity index (χ2v) is 8.04. The molecular weight excluding hydrogens is 410 g/mol. The summed E-state index contributed by atoms with van der Waals surface area (Å²) < 4.78 is 11.2. The number of esters is 1. The number of ether oxygens (including phenoxy) is 2. The number of rotatable bonds is 6. The Kier molecular flexibility index (Phi) is 6.19. The van der Waals surface area contributed by atoms with Crippen molar-refractivity contribution < 1.29 is 14.3 Å². The highest BCUT2D eigenvalue weighted by atomic mass is 35.5. The molecule has 0 unspecified atom stereocenters. The van der Waals surface area contributed by atoms with Gasteiger partial charge in [0.1, 0.15) is 12.4 Å². The van der Waals surface area contributed by atoms with Crippen LogP contribution in [0.15, 0.2) is 83.5 Å². The summed E-state index contributed by atoms with van der Waals surface area (Å²) in [6, 6.07) is 22.9. The molecule has 0 radical (unpaired) electrons. The van der Waals surface area contributed by atoms with E-state index in [-0.39, 0.29) is 5.70 Å². The van der Waals surface area contributed by atoms with Gasteiger partial charge in [0.15, 0.2) is 5.70 Å². The van der Waals surface area contributed by atoms with Gasteiger partial charge in [-0.1, -0.05) is 61.8 Å². The summed E-state index contributed by atoms with van der Waals surface area (Å²) in [7, 11) is 0. The van der Waals surface area contributed by atoms with Gasteiger partial charge in [0.2, 0.25) is 5.90 Å². The maximum absolute atomic E-state index is 12.3. The highest BCUT2D eigenvalue weighted by Crippen LogP contribution is 2.23. The lowest BCUT2D eigenvalue weighted by Gasteiger charge is -2.07. The lowest BCUT2D eigenvalue weighted by molar-refractivity contribution is -0.129. The van der Waals surface area contributed by atoms with Crippen molar-refractivity contribution >= 4 is 29.5 Å². The van der Waals surface area contributed by atoms with E-state index in [2.05, 4.69) is 18.8 Å². The summed E-state index contributed by atoms with van der Waals surface area (Å²) in [5, 5.41) is 0.691. The molecule has 3 aromatic rings. The van der Waals surface area contributed by atoms with Crippen LogP contribution in [0.4, 0.5) is 0 Å². The summed E-state index contributed by atoms with van der Waals surface area (Å²) >= 11 is 5.92. The quantitative estimate of drug-likeness (QED) is 0.335. The number of hydrogen-bond acceptors (Lipinski definition) is 4. The fraction of sp³-hybridized carbons (Fsp3) is 0.154. The minimum atomic E-state index is -0.463. The maximum atomic E-state index is 12.3. The van der Waals surface area contributed by atoms with Crippen molar-refractivity contribution in [3.8, 4) is 5.75 Å². The first-order valence-electron chi connectivity index (χ1n) is 10.1. The molecule has 0 aromatic heterocycles. The SMILES string of the molecule is CC(C)c1ccc(C2=N/C(=C\c3cccc(OCc4ccc(Cl)cc4)c3)C(=O)O2)cc1. The number of carbonyl (C=O) groups excluding carboxylic acids is 1. The van der Waals surface area contributed by atoms with E-state index in [1.165, 1.54) is 5.56 Å². The molecule has 0 aliphatic carbocycles. The molecule has 0 saturated carbocycles. The van der Waals surface area contributed by atoms with E-state index in [0.29, 0.717) is 29.2 Å². The van der Waals surface area contributed by atoms with Crippen molar-refractivity contribution in [3.05, 3.63) is 106 Å². The molecule has 156 valence electrons. The molecule has 3 aromatic carbocycles. The van der Waals surface area contributed by atoms with Gasteiger partial charge in [-0.05, 0) is 65.1 Å². The molecule has 0 bridgehead atoms. The summed E-state index contributed by atoms with van der Waals surface area (Å²) in [5.74, 6) is 0.994. The third kappa shape index (κ3) is 5.22. The first-order chi connectivity index (χ1) is 15.0. The fourth-order valence-electron chi connectivity index (χ4n) is 3.14. The van der Waals surface area contributed by atoms with Crippen LogP contribution in [0.5, 0.6) is 5.75 Å². The van der Waals surface area contributed by atoms with E-state index in [4.69, 9.17) is 21.1 Å². The zero-order chi connectivity index (χ0) is 21.8. The van der Waals surface area contributed by atoms with Crippen LogP contribution in [0.25, 0.3) is 6.08 Å². The largest absolute Gasteiger partial charge is 0.489 e. The van der Waals surface area contributed by atoms with Crippen LogP contribution in [-0.2, 0) is 16.1 Å². The average molecular weight is 432 g/mol. The molecule has 1 heterocycles. The van der Waals surface area contributed by atoms with Crippen LogP contribution in [0.2, 0.25) is 5.02 Å². The summed E-state index contributed by atoms with van der Waals surface area (Å²) in [4.78, 5) is 16.7. The Morgan fingerprint density at radius 3 is 2.48 bits per heavy atom. The topological polar surface area (TPSA) is 47.9 Å². The molecule has 4 nitrogen and oxygen atoms in total. The van der Waals surface area contributed by atoms with Crippen molar-refractivity contribution in [1.29, 1.82) is 0 Å². The molecule has 5 heteroatoms. The number of benzene rings is 3. The van der Waals surface area contributed by atoms with Crippen molar-refractivity contribution in [2.45, 2.75) is 26.4 Å². The lowest BCUT2D eigenvalue weighted by atomic mass is 10.0. The molecule has 0 N–H and O–H groups in total. The van der Waals surface area contributed by atoms with Gasteiger partial charge in [-0.2, -0.15) is 0 Å². The van der Waals surface area contributed by atoms with Crippen molar-refractivity contribution in [2.75, 3.05) is 0 Å². The number of carbonyl (C=O) groups is 1. The van der Waals surface area contributed by atoms with Crippen LogP contribution in [0, 0.1) is 0 Å². The standard InChI is InChI=1S/C26H22ClNO3/c1-17(2)20-8-10-21(11-9-20)25-28-24(26(29)31-25)15-19-4-3-5-23(14-19)30-16-18-6-12-22(27)13-7-18/h3-15,17H,16H2,1-2H3/b24-15-. The Hall–Kier alpha value is -3.37. The van der Waals surface area contributed by atoms with Crippen LogP contribution >= 0.6 is 11.6 Å². The smallest absolute Gasteiger partial charge is 0.363 e. The van der Waals surface area contributed by atoms with Crippen molar-refractivity contribution in [3.63, 3.8) is 0 Å². The molecule has 1 aliphatic heterocycles. The zero-order valence-corrected chi connectivity index (χ0v) is 18.1. The van der Waals surface area contributed by atoms with Gasteiger partial charge >= 0.3 is 5.97 Å². The molecule has 1 aliphatic rings. The molecule has 4 rings (SSSR count). The lowest BCUT2D eigenvalue weighted by Crippen LogP contribution is -2.05. The molecule has 0 saturated heterocycles. The van der Waals surface area contributed by atoms with Gasteiger partial charge in [0.25, 0.3) is 0 Å². The first kappa shape index (κ1) is 20.9. The van der Waals surface area contributed by atoms with E-state index in [1.807, 2.05) is 72.8 Å². The van der Waals surface area contributed by atoms with Gasteiger partial charge in [-0.25, -0.2) is 9.79 Å². The van der Waals surface area contributed by atoms with Gasteiger partial charge in [0, 0.05) is 10.6 Å².